The van der Waals surface area contributed by atoms with Crippen LogP contribution in [0, 0.1) is 24.1 Å². The highest BCUT2D eigenvalue weighted by Gasteiger charge is 2.30. The second kappa shape index (κ2) is 9.58. The molecule has 180 valence electrons. The summed E-state index contributed by atoms with van der Waals surface area (Å²) in [4.78, 5) is 23.9. The van der Waals surface area contributed by atoms with Gasteiger partial charge in [-0.25, -0.2) is 14.4 Å². The summed E-state index contributed by atoms with van der Waals surface area (Å²) in [6.07, 6.45) is 5.35. The highest BCUT2D eigenvalue weighted by molar-refractivity contribution is 7.10. The van der Waals surface area contributed by atoms with E-state index in [0.29, 0.717) is 24.1 Å². The van der Waals surface area contributed by atoms with E-state index >= 15 is 0 Å². The van der Waals surface area contributed by atoms with Crippen molar-refractivity contribution in [2.45, 2.75) is 57.5 Å². The summed E-state index contributed by atoms with van der Waals surface area (Å²) >= 11 is 1.29. The summed E-state index contributed by atoms with van der Waals surface area (Å²) in [5.74, 6) is 0.532. The molecule has 1 saturated carbocycles. The minimum Gasteiger partial charge on any atom is -0.351 e. The number of amides is 1. The molecule has 0 radical (unpaired) electrons. The van der Waals surface area contributed by atoms with Crippen LogP contribution in [0.25, 0.3) is 0 Å². The van der Waals surface area contributed by atoms with Gasteiger partial charge in [0.1, 0.15) is 22.7 Å². The Hall–Kier alpha value is -3.58. The second-order valence-electron chi connectivity index (χ2n) is 9.26. The molecule has 35 heavy (non-hydrogen) atoms. The lowest BCUT2D eigenvalue weighted by atomic mass is 9.98. The first-order valence-electron chi connectivity index (χ1n) is 11.8. The van der Waals surface area contributed by atoms with Gasteiger partial charge in [0.05, 0.1) is 17.5 Å². The Labute approximate surface area is 207 Å². The highest BCUT2D eigenvalue weighted by Crippen LogP contribution is 2.40. The molecule has 0 spiro atoms. The molecule has 1 aliphatic carbocycles. The third-order valence-corrected chi connectivity index (χ3v) is 7.33. The molecule has 2 unspecified atom stereocenters. The quantitative estimate of drug-likeness (QED) is 0.516. The van der Waals surface area contributed by atoms with Crippen molar-refractivity contribution in [3.05, 3.63) is 58.8 Å². The van der Waals surface area contributed by atoms with E-state index in [0.717, 1.165) is 41.9 Å². The number of piperidine rings is 1. The summed E-state index contributed by atoms with van der Waals surface area (Å²) in [6.45, 7) is 4.49. The van der Waals surface area contributed by atoms with Crippen molar-refractivity contribution in [1.29, 1.82) is 5.26 Å². The van der Waals surface area contributed by atoms with Crippen molar-refractivity contribution in [3.63, 3.8) is 0 Å². The van der Waals surface area contributed by atoms with Crippen LogP contribution in [0.3, 0.4) is 0 Å². The van der Waals surface area contributed by atoms with Gasteiger partial charge >= 0.3 is 0 Å². The number of carbonyl (C=O) groups is 1. The number of halogens is 1. The average Bonchev–Trinajstić information content (AvgIpc) is 3.62. The molecule has 1 aromatic carbocycles. The molecule has 1 amide bonds. The maximum Gasteiger partial charge on any atom is 0.254 e. The first kappa shape index (κ1) is 23.2. The van der Waals surface area contributed by atoms with Gasteiger partial charge in [0.15, 0.2) is 11.5 Å². The number of hydrogen-bond donors (Lipinski definition) is 2. The molecule has 2 aromatic heterocycles. The molecule has 2 atom stereocenters. The number of nitriles is 1. The van der Waals surface area contributed by atoms with Crippen LogP contribution in [0.5, 0.6) is 0 Å². The zero-order valence-corrected chi connectivity index (χ0v) is 20.4. The predicted octanol–water partition coefficient (Wildman–Crippen LogP) is 4.66. The van der Waals surface area contributed by atoms with E-state index in [9.17, 15) is 14.4 Å². The monoisotopic (exact) mass is 491 g/mol. The van der Waals surface area contributed by atoms with Gasteiger partial charge in [-0.2, -0.15) is 9.64 Å². The van der Waals surface area contributed by atoms with E-state index in [1.54, 1.807) is 12.3 Å². The Morgan fingerprint density at radius 2 is 2.09 bits per heavy atom. The summed E-state index contributed by atoms with van der Waals surface area (Å²) in [6, 6.07) is 8.89. The van der Waals surface area contributed by atoms with Crippen LogP contribution in [0.4, 0.5) is 21.0 Å². The summed E-state index contributed by atoms with van der Waals surface area (Å²) in [5, 5.41) is 16.4. The molecule has 2 fully saturated rings. The molecular formula is C25H26FN7OS. The summed E-state index contributed by atoms with van der Waals surface area (Å²) in [5.41, 5.74) is 2.11. The molecule has 1 aliphatic heterocycles. The van der Waals surface area contributed by atoms with Gasteiger partial charge in [-0.15, -0.1) is 0 Å². The Morgan fingerprint density at radius 3 is 2.77 bits per heavy atom. The Morgan fingerprint density at radius 1 is 1.26 bits per heavy atom. The van der Waals surface area contributed by atoms with Gasteiger partial charge in [0, 0.05) is 18.6 Å². The summed E-state index contributed by atoms with van der Waals surface area (Å²) < 4.78 is 18.9. The molecule has 5 rings (SSSR count). The molecule has 3 aromatic rings. The molecule has 0 bridgehead atoms. The number of nitrogens with zero attached hydrogens (tertiary/aromatic N) is 5. The predicted molar refractivity (Wildman–Crippen MR) is 133 cm³/mol. The zero-order chi connectivity index (χ0) is 24.5. The SMILES string of the molecule is Cc1cc(Nc2nc(N3CC(NC(=O)c4ccc(C5CC5)cc4F)CCC3C)cnc2C#N)sn1. The van der Waals surface area contributed by atoms with E-state index in [1.165, 1.54) is 17.6 Å². The van der Waals surface area contributed by atoms with Gasteiger partial charge in [-0.3, -0.25) is 4.79 Å². The maximum atomic E-state index is 14.6. The van der Waals surface area contributed by atoms with Crippen LogP contribution < -0.4 is 15.5 Å². The first-order chi connectivity index (χ1) is 16.9. The fourth-order valence-electron chi connectivity index (χ4n) is 4.42. The number of aromatic nitrogens is 3. The van der Waals surface area contributed by atoms with Crippen molar-refractivity contribution in [3.8, 4) is 6.07 Å². The molecule has 10 heteroatoms. The molecule has 1 saturated heterocycles. The van der Waals surface area contributed by atoms with Gasteiger partial charge in [0.25, 0.3) is 5.91 Å². The van der Waals surface area contributed by atoms with Crippen LogP contribution in [-0.4, -0.2) is 38.9 Å². The van der Waals surface area contributed by atoms with Crippen LogP contribution in [0.15, 0.2) is 30.5 Å². The van der Waals surface area contributed by atoms with Crippen molar-refractivity contribution >= 4 is 34.1 Å². The molecule has 8 nitrogen and oxygen atoms in total. The van der Waals surface area contributed by atoms with Crippen molar-refractivity contribution in [2.24, 2.45) is 0 Å². The third kappa shape index (κ3) is 5.10. The Kier molecular flexibility index (Phi) is 6.34. The molecule has 2 aliphatic rings. The first-order valence-corrected chi connectivity index (χ1v) is 12.5. The van der Waals surface area contributed by atoms with Gasteiger partial charge in [0.2, 0.25) is 0 Å². The minimum absolute atomic E-state index is 0.0732. The lowest BCUT2D eigenvalue weighted by Gasteiger charge is -2.39. The van der Waals surface area contributed by atoms with Gasteiger partial charge in [-0.05, 0) is 80.7 Å². The second-order valence-corrected chi connectivity index (χ2v) is 10.1. The van der Waals surface area contributed by atoms with Crippen LogP contribution in [-0.2, 0) is 0 Å². The van der Waals surface area contributed by atoms with E-state index in [-0.39, 0.29) is 23.3 Å². The standard InChI is InChI=1S/C25H26FN7OS/c1-14-9-23(35-32-14)31-24-21(11-27)28-12-22(30-24)33-13-18(7-3-15(33)2)29-25(34)19-8-6-17(10-20(19)26)16-4-5-16/h6,8-10,12,15-16,18H,3-5,7,13H2,1-2H3,(H,29,34)(H,30,31). The van der Waals surface area contributed by atoms with Gasteiger partial charge < -0.3 is 15.5 Å². The van der Waals surface area contributed by atoms with Crippen molar-refractivity contribution in [1.82, 2.24) is 19.7 Å². The topological polar surface area (TPSA) is 107 Å². The number of benzene rings is 1. The number of rotatable bonds is 6. The van der Waals surface area contributed by atoms with E-state index in [4.69, 9.17) is 0 Å². The number of anilines is 3. The van der Waals surface area contributed by atoms with Crippen LogP contribution >= 0.6 is 11.5 Å². The smallest absolute Gasteiger partial charge is 0.254 e. The zero-order valence-electron chi connectivity index (χ0n) is 19.6. The fraction of sp³-hybridized carbons (Fsp3) is 0.400. The Bertz CT molecular complexity index is 1300. The number of hydrogen-bond acceptors (Lipinski definition) is 8. The number of carbonyl (C=O) groups excluding carboxylic acids is 1. The van der Waals surface area contributed by atoms with E-state index < -0.39 is 11.7 Å². The Balaban J connectivity index is 1.31. The third-order valence-electron chi connectivity index (χ3n) is 6.53. The highest BCUT2D eigenvalue weighted by atomic mass is 32.1. The number of aryl methyl sites for hydroxylation is 1. The van der Waals surface area contributed by atoms with E-state index in [1.807, 2.05) is 19.1 Å². The maximum absolute atomic E-state index is 14.6. The van der Waals surface area contributed by atoms with Crippen molar-refractivity contribution in [2.75, 3.05) is 16.8 Å². The normalized spacial score (nSPS) is 19.8. The number of nitrogens with one attached hydrogen (secondary N) is 2. The largest absolute Gasteiger partial charge is 0.351 e. The lowest BCUT2D eigenvalue weighted by molar-refractivity contribution is 0.0927. The minimum atomic E-state index is -0.472. The average molecular weight is 492 g/mol. The molecular weight excluding hydrogens is 465 g/mol. The van der Waals surface area contributed by atoms with Crippen LogP contribution in [0.1, 0.15) is 65.8 Å². The molecule has 3 heterocycles. The lowest BCUT2D eigenvalue weighted by Crippen LogP contribution is -2.51. The van der Waals surface area contributed by atoms with Crippen LogP contribution in [0.2, 0.25) is 0 Å². The molecule has 2 N–H and O–H groups in total. The van der Waals surface area contributed by atoms with Gasteiger partial charge in [-0.1, -0.05) is 6.07 Å². The fourth-order valence-corrected chi connectivity index (χ4v) is 5.08. The van der Waals surface area contributed by atoms with Crippen molar-refractivity contribution < 1.29 is 9.18 Å². The summed E-state index contributed by atoms with van der Waals surface area (Å²) in [7, 11) is 0. The van der Waals surface area contributed by atoms with E-state index in [2.05, 4.69) is 42.9 Å².